The summed E-state index contributed by atoms with van der Waals surface area (Å²) in [6, 6.07) is 10.5. The first-order valence-corrected chi connectivity index (χ1v) is 11.5. The summed E-state index contributed by atoms with van der Waals surface area (Å²) < 4.78 is 29.8. The Bertz CT molecular complexity index is 1360. The first kappa shape index (κ1) is 22.1. The molecule has 2 aromatic heterocycles. The number of hydrogen-bond donors (Lipinski definition) is 1. The number of aryl methyl sites for hydroxylation is 1. The van der Waals surface area contributed by atoms with E-state index < -0.39 is 5.82 Å². The predicted molar refractivity (Wildman–Crippen MR) is 125 cm³/mol. The standard InChI is InChI=1S/C26H26FN3O4/c1-4-16(26(31)33-5-2)17-8-9-18-19-12-14(6-10-21(19)28-23(17)18)24-29-25(34-30-24)15-7-11-22(32-3)20(27)13-15/h6-7,10-13,16-17,28H,4-5,8-9H2,1-3H3. The van der Waals surface area contributed by atoms with E-state index in [4.69, 9.17) is 14.0 Å². The molecule has 1 aliphatic carbocycles. The fraction of sp³-hybridized carbons (Fsp3) is 0.346. The Morgan fingerprint density at radius 3 is 2.79 bits per heavy atom. The number of carbonyl (C=O) groups is 1. The second kappa shape index (κ2) is 8.93. The molecule has 0 fully saturated rings. The summed E-state index contributed by atoms with van der Waals surface area (Å²) in [5, 5.41) is 5.20. The van der Waals surface area contributed by atoms with E-state index in [1.54, 1.807) is 6.07 Å². The maximum Gasteiger partial charge on any atom is 0.309 e. The molecular formula is C26H26FN3O4. The van der Waals surface area contributed by atoms with Crippen LogP contribution >= 0.6 is 0 Å². The number of methoxy groups -OCH3 is 1. The van der Waals surface area contributed by atoms with Crippen molar-refractivity contribution in [3.63, 3.8) is 0 Å². The highest BCUT2D eigenvalue weighted by Crippen LogP contribution is 2.43. The number of H-pyrrole nitrogens is 1. The summed E-state index contributed by atoms with van der Waals surface area (Å²) in [7, 11) is 1.41. The molecule has 2 atom stereocenters. The first-order chi connectivity index (χ1) is 16.5. The number of esters is 1. The average Bonchev–Trinajstić information content (AvgIpc) is 3.56. The molecule has 176 valence electrons. The molecule has 7 nitrogen and oxygen atoms in total. The molecule has 0 spiro atoms. The van der Waals surface area contributed by atoms with E-state index in [9.17, 15) is 9.18 Å². The van der Waals surface area contributed by atoms with Crippen molar-refractivity contribution >= 4 is 16.9 Å². The summed E-state index contributed by atoms with van der Waals surface area (Å²) in [6.07, 6.45) is 2.54. The second-order valence-electron chi connectivity index (χ2n) is 8.46. The molecule has 2 unspecified atom stereocenters. The number of benzene rings is 2. The molecule has 5 rings (SSSR count). The Labute approximate surface area is 196 Å². The van der Waals surface area contributed by atoms with Crippen LogP contribution in [0.4, 0.5) is 4.39 Å². The Kier molecular flexibility index (Phi) is 5.81. The predicted octanol–water partition coefficient (Wildman–Crippen LogP) is 5.65. The molecule has 0 bridgehead atoms. The lowest BCUT2D eigenvalue weighted by Gasteiger charge is -2.20. The van der Waals surface area contributed by atoms with E-state index in [0.717, 1.165) is 41.4 Å². The van der Waals surface area contributed by atoms with E-state index in [1.807, 2.05) is 32.0 Å². The van der Waals surface area contributed by atoms with Crippen molar-refractivity contribution in [1.82, 2.24) is 15.1 Å². The number of hydrogen-bond acceptors (Lipinski definition) is 6. The quantitative estimate of drug-likeness (QED) is 0.356. The van der Waals surface area contributed by atoms with Gasteiger partial charge in [-0.25, -0.2) is 4.39 Å². The number of ether oxygens (including phenoxy) is 2. The maximum atomic E-state index is 14.1. The third-order valence-corrected chi connectivity index (χ3v) is 6.61. The van der Waals surface area contributed by atoms with Gasteiger partial charge in [0.1, 0.15) is 0 Å². The summed E-state index contributed by atoms with van der Waals surface area (Å²) in [4.78, 5) is 20.5. The molecule has 4 aromatic rings. The Morgan fingerprint density at radius 1 is 1.24 bits per heavy atom. The summed E-state index contributed by atoms with van der Waals surface area (Å²) in [5.41, 5.74) is 4.64. The minimum absolute atomic E-state index is 0.122. The zero-order chi connectivity index (χ0) is 23.8. The molecule has 0 amide bonds. The number of fused-ring (bicyclic) bond motifs is 3. The summed E-state index contributed by atoms with van der Waals surface area (Å²) >= 11 is 0. The van der Waals surface area contributed by atoms with Gasteiger partial charge >= 0.3 is 5.97 Å². The highest BCUT2D eigenvalue weighted by Gasteiger charge is 2.36. The molecule has 2 aromatic carbocycles. The van der Waals surface area contributed by atoms with Gasteiger partial charge in [0, 0.05) is 33.6 Å². The minimum Gasteiger partial charge on any atom is -0.494 e. The molecule has 0 radical (unpaired) electrons. The van der Waals surface area contributed by atoms with Crippen LogP contribution in [0, 0.1) is 11.7 Å². The maximum absolute atomic E-state index is 14.1. The van der Waals surface area contributed by atoms with Gasteiger partial charge in [-0.3, -0.25) is 4.79 Å². The Hall–Kier alpha value is -3.68. The zero-order valence-electron chi connectivity index (χ0n) is 19.4. The Balaban J connectivity index is 1.46. The van der Waals surface area contributed by atoms with Gasteiger partial charge in [-0.1, -0.05) is 12.1 Å². The van der Waals surface area contributed by atoms with Gasteiger partial charge in [0.2, 0.25) is 5.82 Å². The fourth-order valence-electron chi connectivity index (χ4n) is 4.96. The molecule has 34 heavy (non-hydrogen) atoms. The third kappa shape index (κ3) is 3.73. The zero-order valence-corrected chi connectivity index (χ0v) is 19.4. The van der Waals surface area contributed by atoms with E-state index in [2.05, 4.69) is 15.1 Å². The highest BCUT2D eigenvalue weighted by molar-refractivity contribution is 5.89. The topological polar surface area (TPSA) is 90.2 Å². The van der Waals surface area contributed by atoms with Crippen molar-refractivity contribution in [2.45, 2.75) is 39.0 Å². The van der Waals surface area contributed by atoms with Gasteiger partial charge in [-0.2, -0.15) is 4.98 Å². The van der Waals surface area contributed by atoms with Crippen LogP contribution in [0.15, 0.2) is 40.9 Å². The van der Waals surface area contributed by atoms with E-state index in [1.165, 1.54) is 24.8 Å². The van der Waals surface area contributed by atoms with Crippen LogP contribution in [0.25, 0.3) is 33.7 Å². The minimum atomic E-state index is -0.494. The van der Waals surface area contributed by atoms with Crippen molar-refractivity contribution in [2.75, 3.05) is 13.7 Å². The van der Waals surface area contributed by atoms with Crippen LogP contribution in [0.3, 0.4) is 0 Å². The van der Waals surface area contributed by atoms with Crippen LogP contribution in [0.2, 0.25) is 0 Å². The largest absolute Gasteiger partial charge is 0.494 e. The van der Waals surface area contributed by atoms with Crippen LogP contribution in [0.1, 0.15) is 43.9 Å². The molecule has 8 heteroatoms. The number of nitrogens with zero attached hydrogens (tertiary/aromatic N) is 2. The smallest absolute Gasteiger partial charge is 0.309 e. The van der Waals surface area contributed by atoms with Crippen LogP contribution in [-0.2, 0) is 16.0 Å². The Morgan fingerprint density at radius 2 is 2.06 bits per heavy atom. The first-order valence-electron chi connectivity index (χ1n) is 11.5. The molecule has 1 aliphatic rings. The van der Waals surface area contributed by atoms with Crippen molar-refractivity contribution in [2.24, 2.45) is 5.92 Å². The number of carbonyl (C=O) groups excluding carboxylic acids is 1. The van der Waals surface area contributed by atoms with Crippen LogP contribution in [0.5, 0.6) is 5.75 Å². The SMILES string of the molecule is CCOC(=O)C(CC)C1CCc2c1[nH]c1ccc(-c3noc(-c4ccc(OC)c(F)c4)n3)cc21. The van der Waals surface area contributed by atoms with E-state index in [-0.39, 0.29) is 29.4 Å². The summed E-state index contributed by atoms with van der Waals surface area (Å²) in [5.74, 6) is 0.159. The lowest BCUT2D eigenvalue weighted by atomic mass is 9.88. The monoisotopic (exact) mass is 463 g/mol. The number of aromatic amines is 1. The van der Waals surface area contributed by atoms with Gasteiger partial charge in [-0.15, -0.1) is 0 Å². The van der Waals surface area contributed by atoms with Crippen molar-refractivity contribution in [1.29, 1.82) is 0 Å². The van der Waals surface area contributed by atoms with Crippen LogP contribution < -0.4 is 4.74 Å². The van der Waals surface area contributed by atoms with Gasteiger partial charge in [0.05, 0.1) is 19.6 Å². The van der Waals surface area contributed by atoms with Gasteiger partial charge in [-0.05, 0) is 68.1 Å². The molecule has 0 saturated heterocycles. The number of halogens is 1. The van der Waals surface area contributed by atoms with Crippen molar-refractivity contribution < 1.29 is 23.2 Å². The van der Waals surface area contributed by atoms with Crippen molar-refractivity contribution in [3.8, 4) is 28.6 Å². The third-order valence-electron chi connectivity index (χ3n) is 6.61. The van der Waals surface area contributed by atoms with Gasteiger partial charge in [0.25, 0.3) is 5.89 Å². The normalized spacial score (nSPS) is 15.9. The van der Waals surface area contributed by atoms with Gasteiger partial charge in [0.15, 0.2) is 11.6 Å². The lowest BCUT2D eigenvalue weighted by molar-refractivity contribution is -0.149. The number of nitrogens with one attached hydrogen (secondary N) is 1. The van der Waals surface area contributed by atoms with E-state index >= 15 is 0 Å². The molecule has 0 saturated carbocycles. The molecule has 0 aliphatic heterocycles. The molecule has 2 heterocycles. The molecule has 1 N–H and O–H groups in total. The lowest BCUT2D eigenvalue weighted by Crippen LogP contribution is -2.23. The second-order valence-corrected chi connectivity index (χ2v) is 8.46. The molecular weight excluding hydrogens is 437 g/mol. The van der Waals surface area contributed by atoms with Gasteiger partial charge < -0.3 is 19.0 Å². The fourth-order valence-corrected chi connectivity index (χ4v) is 4.96. The van der Waals surface area contributed by atoms with E-state index in [0.29, 0.717) is 18.0 Å². The highest BCUT2D eigenvalue weighted by atomic mass is 19.1. The number of aromatic nitrogens is 3. The summed E-state index contributed by atoms with van der Waals surface area (Å²) in [6.45, 7) is 4.26. The average molecular weight is 464 g/mol. The van der Waals surface area contributed by atoms with Crippen LogP contribution in [-0.4, -0.2) is 34.8 Å². The number of rotatable bonds is 7. The van der Waals surface area contributed by atoms with Crippen molar-refractivity contribution in [3.05, 3.63) is 53.5 Å².